The van der Waals surface area contributed by atoms with Crippen molar-refractivity contribution in [1.82, 2.24) is 15.5 Å². The Morgan fingerprint density at radius 2 is 1.53 bits per heavy atom. The molecule has 0 radical (unpaired) electrons. The summed E-state index contributed by atoms with van der Waals surface area (Å²) >= 11 is 0. The SMILES string of the molecule is CC(OC(=O)CCCN1C(=O)c2cccc3cccc(c23)C1=O)C(=O)NC(=O)NCc1ccccc1. The number of ether oxygens (including phenoxy) is 1. The molecule has 0 bridgehead atoms. The van der Waals surface area contributed by atoms with Crippen LogP contribution in [0.25, 0.3) is 10.8 Å². The van der Waals surface area contributed by atoms with Gasteiger partial charge in [-0.3, -0.25) is 29.4 Å². The van der Waals surface area contributed by atoms with Gasteiger partial charge in [-0.2, -0.15) is 0 Å². The minimum Gasteiger partial charge on any atom is -0.453 e. The zero-order valence-electron chi connectivity index (χ0n) is 19.7. The molecule has 5 amide bonds. The average molecular weight is 488 g/mol. The zero-order valence-corrected chi connectivity index (χ0v) is 19.7. The third-order valence-electron chi connectivity index (χ3n) is 5.83. The maximum Gasteiger partial charge on any atom is 0.321 e. The average Bonchev–Trinajstić information content (AvgIpc) is 2.88. The fourth-order valence-corrected chi connectivity index (χ4v) is 4.01. The Bertz CT molecular complexity index is 1290. The van der Waals surface area contributed by atoms with Crippen molar-refractivity contribution in [3.05, 3.63) is 83.4 Å². The van der Waals surface area contributed by atoms with Gasteiger partial charge in [0.15, 0.2) is 6.10 Å². The molecule has 0 aromatic heterocycles. The number of imide groups is 2. The Labute approximate surface area is 207 Å². The highest BCUT2D eigenvalue weighted by atomic mass is 16.5. The lowest BCUT2D eigenvalue weighted by atomic mass is 9.94. The van der Waals surface area contributed by atoms with E-state index in [-0.39, 0.29) is 25.9 Å². The number of hydrogen-bond donors (Lipinski definition) is 2. The lowest BCUT2D eigenvalue weighted by Crippen LogP contribution is -2.44. The number of urea groups is 1. The Kier molecular flexibility index (Phi) is 7.39. The molecule has 9 heteroatoms. The van der Waals surface area contributed by atoms with E-state index < -0.39 is 35.8 Å². The molecule has 0 saturated heterocycles. The van der Waals surface area contributed by atoms with E-state index >= 15 is 0 Å². The van der Waals surface area contributed by atoms with Gasteiger partial charge in [-0.15, -0.1) is 0 Å². The van der Waals surface area contributed by atoms with Crippen molar-refractivity contribution >= 4 is 40.5 Å². The minimum atomic E-state index is -1.19. The first-order valence-corrected chi connectivity index (χ1v) is 11.5. The fourth-order valence-electron chi connectivity index (χ4n) is 4.01. The lowest BCUT2D eigenvalue weighted by Gasteiger charge is -2.27. The summed E-state index contributed by atoms with van der Waals surface area (Å²) in [4.78, 5) is 63.2. The van der Waals surface area contributed by atoms with Crippen LogP contribution in [0, 0.1) is 0 Å². The number of nitrogens with one attached hydrogen (secondary N) is 2. The van der Waals surface area contributed by atoms with Crippen molar-refractivity contribution in [3.63, 3.8) is 0 Å². The molecule has 0 saturated carbocycles. The van der Waals surface area contributed by atoms with Gasteiger partial charge in [-0.25, -0.2) is 4.79 Å². The molecule has 1 heterocycles. The third-order valence-corrected chi connectivity index (χ3v) is 5.83. The Morgan fingerprint density at radius 3 is 2.17 bits per heavy atom. The van der Waals surface area contributed by atoms with Gasteiger partial charge in [0.1, 0.15) is 0 Å². The molecule has 0 fully saturated rings. The zero-order chi connectivity index (χ0) is 25.7. The number of esters is 1. The number of nitrogens with zero attached hydrogens (tertiary/aromatic N) is 1. The Morgan fingerprint density at radius 1 is 0.889 bits per heavy atom. The molecule has 0 spiro atoms. The van der Waals surface area contributed by atoms with E-state index in [1.165, 1.54) is 6.92 Å². The Balaban J connectivity index is 1.24. The van der Waals surface area contributed by atoms with Crippen molar-refractivity contribution in [3.8, 4) is 0 Å². The van der Waals surface area contributed by atoms with Gasteiger partial charge in [0.25, 0.3) is 17.7 Å². The molecule has 4 rings (SSSR count). The highest BCUT2D eigenvalue weighted by molar-refractivity contribution is 6.25. The molecule has 3 aromatic rings. The van der Waals surface area contributed by atoms with Crippen LogP contribution in [-0.2, 0) is 20.9 Å². The van der Waals surface area contributed by atoms with E-state index in [0.717, 1.165) is 15.8 Å². The number of rotatable bonds is 8. The van der Waals surface area contributed by atoms with Crippen LogP contribution in [0.3, 0.4) is 0 Å². The number of amides is 5. The van der Waals surface area contributed by atoms with Crippen molar-refractivity contribution < 1.29 is 28.7 Å². The number of carbonyl (C=O) groups is 5. The summed E-state index contributed by atoms with van der Waals surface area (Å²) in [7, 11) is 0. The van der Waals surface area contributed by atoms with Gasteiger partial charge in [-0.05, 0) is 36.4 Å². The predicted octanol–water partition coefficient (Wildman–Crippen LogP) is 3.17. The summed E-state index contributed by atoms with van der Waals surface area (Å²) in [5.41, 5.74) is 1.76. The van der Waals surface area contributed by atoms with Crippen LogP contribution in [0.5, 0.6) is 0 Å². The Hall–Kier alpha value is -4.53. The van der Waals surface area contributed by atoms with Crippen LogP contribution < -0.4 is 10.6 Å². The highest BCUT2D eigenvalue weighted by Gasteiger charge is 2.32. The minimum absolute atomic E-state index is 0.0277. The number of hydrogen-bond acceptors (Lipinski definition) is 6. The van der Waals surface area contributed by atoms with Gasteiger partial charge in [0, 0.05) is 36.0 Å². The smallest absolute Gasteiger partial charge is 0.321 e. The topological polar surface area (TPSA) is 122 Å². The molecule has 184 valence electrons. The second kappa shape index (κ2) is 10.8. The van der Waals surface area contributed by atoms with E-state index in [2.05, 4.69) is 10.6 Å². The molecule has 36 heavy (non-hydrogen) atoms. The van der Waals surface area contributed by atoms with Gasteiger partial charge in [0.05, 0.1) is 0 Å². The maximum absolute atomic E-state index is 12.9. The summed E-state index contributed by atoms with van der Waals surface area (Å²) < 4.78 is 5.10. The monoisotopic (exact) mass is 487 g/mol. The highest BCUT2D eigenvalue weighted by Crippen LogP contribution is 2.30. The molecular weight excluding hydrogens is 462 g/mol. The van der Waals surface area contributed by atoms with Crippen LogP contribution in [-0.4, -0.2) is 47.3 Å². The summed E-state index contributed by atoms with van der Waals surface area (Å²) in [5.74, 6) is -2.26. The summed E-state index contributed by atoms with van der Waals surface area (Å²) in [6.07, 6.45) is -1.14. The second-order valence-corrected chi connectivity index (χ2v) is 8.36. The maximum atomic E-state index is 12.9. The van der Waals surface area contributed by atoms with Crippen LogP contribution in [0.2, 0.25) is 0 Å². The lowest BCUT2D eigenvalue weighted by molar-refractivity contribution is -0.154. The van der Waals surface area contributed by atoms with E-state index in [1.54, 1.807) is 24.3 Å². The molecule has 1 aliphatic rings. The summed E-state index contributed by atoms with van der Waals surface area (Å²) in [6.45, 7) is 1.62. The van der Waals surface area contributed by atoms with E-state index in [0.29, 0.717) is 16.5 Å². The van der Waals surface area contributed by atoms with Gasteiger partial charge in [-0.1, -0.05) is 54.6 Å². The van der Waals surface area contributed by atoms with Crippen LogP contribution in [0.1, 0.15) is 46.0 Å². The number of carbonyl (C=O) groups excluding carboxylic acids is 5. The van der Waals surface area contributed by atoms with Crippen molar-refractivity contribution in [1.29, 1.82) is 0 Å². The van der Waals surface area contributed by atoms with E-state index in [1.807, 2.05) is 42.5 Å². The molecule has 1 aliphatic heterocycles. The second-order valence-electron chi connectivity index (χ2n) is 8.36. The standard InChI is InChI=1S/C27H25N3O6/c1-17(24(32)29-27(35)28-16-18-8-3-2-4-9-18)36-22(31)14-7-15-30-25(33)20-12-5-10-19-11-6-13-21(23(19)20)26(30)34/h2-6,8-13,17H,7,14-16H2,1H3,(H2,28,29,32,35). The first kappa shape index (κ1) is 24.6. The van der Waals surface area contributed by atoms with Crippen LogP contribution >= 0.6 is 0 Å². The first-order valence-electron chi connectivity index (χ1n) is 11.5. The molecule has 0 aliphatic carbocycles. The normalized spacial score (nSPS) is 13.3. The third kappa shape index (κ3) is 5.41. The van der Waals surface area contributed by atoms with Crippen LogP contribution in [0.4, 0.5) is 4.79 Å². The predicted molar refractivity (Wildman–Crippen MR) is 131 cm³/mol. The van der Waals surface area contributed by atoms with Crippen molar-refractivity contribution in [2.75, 3.05) is 6.54 Å². The van der Waals surface area contributed by atoms with Crippen molar-refractivity contribution in [2.24, 2.45) is 0 Å². The van der Waals surface area contributed by atoms with Crippen LogP contribution in [0.15, 0.2) is 66.7 Å². The molecule has 1 atom stereocenters. The van der Waals surface area contributed by atoms with E-state index in [4.69, 9.17) is 4.74 Å². The molecule has 3 aromatic carbocycles. The molecule has 1 unspecified atom stereocenters. The fraction of sp³-hybridized carbons (Fsp3) is 0.222. The van der Waals surface area contributed by atoms with Gasteiger partial charge < -0.3 is 10.1 Å². The summed E-state index contributed by atoms with van der Waals surface area (Å²) in [5, 5.41) is 6.13. The summed E-state index contributed by atoms with van der Waals surface area (Å²) in [6, 6.07) is 19.0. The largest absolute Gasteiger partial charge is 0.453 e. The van der Waals surface area contributed by atoms with Gasteiger partial charge in [0.2, 0.25) is 0 Å². The van der Waals surface area contributed by atoms with E-state index in [9.17, 15) is 24.0 Å². The van der Waals surface area contributed by atoms with Crippen molar-refractivity contribution in [2.45, 2.75) is 32.4 Å². The van der Waals surface area contributed by atoms with Gasteiger partial charge >= 0.3 is 12.0 Å². The molecule has 9 nitrogen and oxygen atoms in total. The molecular formula is C27H25N3O6. The quantitative estimate of drug-likeness (QED) is 0.372. The molecule has 2 N–H and O–H groups in total. The number of benzene rings is 3. The first-order chi connectivity index (χ1) is 17.3.